The first-order chi connectivity index (χ1) is 10.3. The summed E-state index contributed by atoms with van der Waals surface area (Å²) in [7, 11) is 0. The van der Waals surface area contributed by atoms with Gasteiger partial charge in [-0.3, -0.25) is 0 Å². The van der Waals surface area contributed by atoms with Crippen LogP contribution in [0.15, 0.2) is 30.3 Å². The van der Waals surface area contributed by atoms with E-state index < -0.39 is 0 Å². The van der Waals surface area contributed by atoms with E-state index in [0.29, 0.717) is 6.61 Å². The fourth-order valence-electron chi connectivity index (χ4n) is 1.77. The van der Waals surface area contributed by atoms with E-state index in [4.69, 9.17) is 9.47 Å². The van der Waals surface area contributed by atoms with E-state index in [1.807, 2.05) is 24.3 Å². The largest absolute Gasteiger partial charge is 0.494 e. The molecule has 0 saturated carbocycles. The minimum atomic E-state index is -0.318. The van der Waals surface area contributed by atoms with Crippen LogP contribution in [0.2, 0.25) is 0 Å². The number of ether oxygens (including phenoxy) is 2. The van der Waals surface area contributed by atoms with Crippen LogP contribution in [0, 0.1) is 0 Å². The number of alkyl halides is 1. The molecule has 0 amide bonds. The van der Waals surface area contributed by atoms with E-state index in [1.54, 1.807) is 13.0 Å². The van der Waals surface area contributed by atoms with Crippen molar-refractivity contribution in [2.24, 2.45) is 0 Å². The number of rotatable bonds is 10. The molecule has 0 aliphatic rings. The molecule has 116 valence electrons. The number of esters is 1. The number of hydrogen-bond acceptors (Lipinski definition) is 3. The molecule has 21 heavy (non-hydrogen) atoms. The molecule has 0 fully saturated rings. The van der Waals surface area contributed by atoms with Gasteiger partial charge in [-0.2, -0.15) is 0 Å². The average Bonchev–Trinajstić information content (AvgIpc) is 2.50. The van der Waals surface area contributed by atoms with Crippen molar-refractivity contribution in [1.29, 1.82) is 0 Å². The highest BCUT2D eigenvalue weighted by molar-refractivity contribution is 9.09. The molecule has 0 aliphatic heterocycles. The van der Waals surface area contributed by atoms with Gasteiger partial charge in [-0.25, -0.2) is 4.79 Å². The van der Waals surface area contributed by atoms with Gasteiger partial charge in [0.05, 0.1) is 13.2 Å². The summed E-state index contributed by atoms with van der Waals surface area (Å²) in [5.74, 6) is 0.546. The lowest BCUT2D eigenvalue weighted by atomic mass is 10.2. The van der Waals surface area contributed by atoms with Gasteiger partial charge in [0.2, 0.25) is 0 Å². The maximum absolute atomic E-state index is 11.2. The Morgan fingerprint density at radius 1 is 1.14 bits per heavy atom. The van der Waals surface area contributed by atoms with Crippen LogP contribution in [0.1, 0.15) is 38.2 Å². The molecule has 0 radical (unpaired) electrons. The van der Waals surface area contributed by atoms with Gasteiger partial charge in [-0.05, 0) is 43.5 Å². The first kappa shape index (κ1) is 17.8. The Balaban J connectivity index is 2.28. The number of halogens is 1. The van der Waals surface area contributed by atoms with Crippen LogP contribution in [0.5, 0.6) is 5.75 Å². The molecule has 1 aromatic rings. The second kappa shape index (κ2) is 11.4. The van der Waals surface area contributed by atoms with E-state index in [2.05, 4.69) is 15.9 Å². The third-order valence-corrected chi connectivity index (χ3v) is 3.44. The van der Waals surface area contributed by atoms with Crippen molar-refractivity contribution in [3.05, 3.63) is 35.9 Å². The summed E-state index contributed by atoms with van der Waals surface area (Å²) in [5, 5.41) is 1.08. The van der Waals surface area contributed by atoms with Crippen LogP contribution in [-0.4, -0.2) is 24.5 Å². The number of carbonyl (C=O) groups excluding carboxylic acids is 1. The molecule has 0 bridgehead atoms. The van der Waals surface area contributed by atoms with Crippen molar-refractivity contribution in [3.8, 4) is 5.75 Å². The minimum Gasteiger partial charge on any atom is -0.494 e. The van der Waals surface area contributed by atoms with Gasteiger partial charge in [0.25, 0.3) is 0 Å². The maximum Gasteiger partial charge on any atom is 0.330 e. The number of unbranched alkanes of at least 4 members (excludes halogenated alkanes) is 3. The number of hydrogen-bond donors (Lipinski definition) is 0. The Labute approximate surface area is 135 Å². The molecule has 0 heterocycles. The standard InChI is InChI=1S/C17H23BrO3/c1-2-20-17(19)12-9-15-7-10-16(11-8-15)21-14-6-4-3-5-13-18/h7-12H,2-6,13-14H2,1H3. The summed E-state index contributed by atoms with van der Waals surface area (Å²) in [6.07, 6.45) is 7.92. The second-order valence-electron chi connectivity index (χ2n) is 4.61. The summed E-state index contributed by atoms with van der Waals surface area (Å²) < 4.78 is 10.5. The number of benzene rings is 1. The van der Waals surface area contributed by atoms with Crippen LogP contribution in [-0.2, 0) is 9.53 Å². The molecule has 0 atom stereocenters. The van der Waals surface area contributed by atoms with Crippen molar-refractivity contribution in [2.45, 2.75) is 32.6 Å². The Hall–Kier alpha value is -1.29. The minimum absolute atomic E-state index is 0.318. The fraction of sp³-hybridized carbons (Fsp3) is 0.471. The van der Waals surface area contributed by atoms with Crippen molar-refractivity contribution in [3.63, 3.8) is 0 Å². The third kappa shape index (κ3) is 8.56. The fourth-order valence-corrected chi connectivity index (χ4v) is 2.17. The van der Waals surface area contributed by atoms with Crippen molar-refractivity contribution in [1.82, 2.24) is 0 Å². The summed E-state index contributed by atoms with van der Waals surface area (Å²) in [5.41, 5.74) is 0.952. The first-order valence-electron chi connectivity index (χ1n) is 7.40. The zero-order chi connectivity index (χ0) is 15.3. The highest BCUT2D eigenvalue weighted by Gasteiger charge is 1.96. The maximum atomic E-state index is 11.2. The molecular formula is C17H23BrO3. The average molecular weight is 355 g/mol. The summed E-state index contributed by atoms with van der Waals surface area (Å²) in [6.45, 7) is 2.93. The zero-order valence-corrected chi connectivity index (χ0v) is 14.1. The lowest BCUT2D eigenvalue weighted by Crippen LogP contribution is -1.98. The molecular weight excluding hydrogens is 332 g/mol. The molecule has 0 unspecified atom stereocenters. The van der Waals surface area contributed by atoms with Gasteiger partial charge < -0.3 is 9.47 Å². The van der Waals surface area contributed by atoms with Gasteiger partial charge in [-0.1, -0.05) is 40.9 Å². The SMILES string of the molecule is CCOC(=O)C=Cc1ccc(OCCCCCCBr)cc1. The van der Waals surface area contributed by atoms with Gasteiger partial charge in [0, 0.05) is 11.4 Å². The highest BCUT2D eigenvalue weighted by Crippen LogP contribution is 2.14. The van der Waals surface area contributed by atoms with Gasteiger partial charge in [0.1, 0.15) is 5.75 Å². The van der Waals surface area contributed by atoms with Gasteiger partial charge >= 0.3 is 5.97 Å². The molecule has 1 aromatic carbocycles. The van der Waals surface area contributed by atoms with Gasteiger partial charge in [-0.15, -0.1) is 0 Å². The zero-order valence-electron chi connectivity index (χ0n) is 12.5. The normalized spacial score (nSPS) is 10.8. The molecule has 4 heteroatoms. The van der Waals surface area contributed by atoms with E-state index in [0.717, 1.165) is 29.7 Å². The number of carbonyl (C=O) groups is 1. The van der Waals surface area contributed by atoms with Crippen LogP contribution in [0.4, 0.5) is 0 Å². The quantitative estimate of drug-likeness (QED) is 0.266. The highest BCUT2D eigenvalue weighted by atomic mass is 79.9. The Morgan fingerprint density at radius 3 is 2.52 bits per heavy atom. The monoisotopic (exact) mass is 354 g/mol. The molecule has 1 rings (SSSR count). The summed E-state index contributed by atoms with van der Waals surface area (Å²) >= 11 is 3.43. The lowest BCUT2D eigenvalue weighted by molar-refractivity contribution is -0.137. The van der Waals surface area contributed by atoms with Crippen LogP contribution in [0.3, 0.4) is 0 Å². The predicted octanol–water partition coefficient (Wildman–Crippen LogP) is 4.60. The smallest absolute Gasteiger partial charge is 0.330 e. The molecule has 0 aliphatic carbocycles. The molecule has 0 saturated heterocycles. The summed E-state index contributed by atoms with van der Waals surface area (Å²) in [6, 6.07) is 7.69. The summed E-state index contributed by atoms with van der Waals surface area (Å²) in [4.78, 5) is 11.2. The van der Waals surface area contributed by atoms with Gasteiger partial charge in [0.15, 0.2) is 0 Å². The molecule has 0 aromatic heterocycles. The Morgan fingerprint density at radius 2 is 1.86 bits per heavy atom. The van der Waals surface area contributed by atoms with Crippen molar-refractivity contribution in [2.75, 3.05) is 18.5 Å². The lowest BCUT2D eigenvalue weighted by Gasteiger charge is -2.06. The van der Waals surface area contributed by atoms with Crippen molar-refractivity contribution < 1.29 is 14.3 Å². The molecule has 0 spiro atoms. The molecule has 3 nitrogen and oxygen atoms in total. The topological polar surface area (TPSA) is 35.5 Å². The van der Waals surface area contributed by atoms with Crippen LogP contribution in [0.25, 0.3) is 6.08 Å². The Kier molecular flexibility index (Phi) is 9.62. The second-order valence-corrected chi connectivity index (χ2v) is 5.40. The van der Waals surface area contributed by atoms with Crippen LogP contribution < -0.4 is 4.74 Å². The third-order valence-electron chi connectivity index (χ3n) is 2.88. The molecule has 0 N–H and O–H groups in total. The first-order valence-corrected chi connectivity index (χ1v) is 8.52. The van der Waals surface area contributed by atoms with E-state index in [-0.39, 0.29) is 5.97 Å². The predicted molar refractivity (Wildman–Crippen MR) is 89.9 cm³/mol. The van der Waals surface area contributed by atoms with E-state index in [1.165, 1.54) is 25.3 Å². The van der Waals surface area contributed by atoms with Crippen molar-refractivity contribution >= 4 is 28.0 Å². The Bertz CT molecular complexity index is 426. The van der Waals surface area contributed by atoms with E-state index >= 15 is 0 Å². The van der Waals surface area contributed by atoms with E-state index in [9.17, 15) is 4.79 Å². The van der Waals surface area contributed by atoms with Crippen LogP contribution >= 0.6 is 15.9 Å².